The Labute approximate surface area is 134 Å². The first-order chi connectivity index (χ1) is 10.6. The quantitative estimate of drug-likeness (QED) is 0.755. The summed E-state index contributed by atoms with van der Waals surface area (Å²) in [4.78, 5) is 1.10. The van der Waals surface area contributed by atoms with E-state index in [2.05, 4.69) is 30.4 Å². The molecule has 0 aliphatic rings. The molecule has 1 N–H and O–H groups in total. The van der Waals surface area contributed by atoms with Crippen molar-refractivity contribution in [2.75, 3.05) is 7.11 Å². The summed E-state index contributed by atoms with van der Waals surface area (Å²) >= 11 is 1.47. The van der Waals surface area contributed by atoms with Crippen molar-refractivity contribution in [3.05, 3.63) is 53.7 Å². The number of hydrogen-bond donors (Lipinski definition) is 1. The molecular weight excluding hydrogens is 294 g/mol. The molecule has 22 heavy (non-hydrogen) atoms. The van der Waals surface area contributed by atoms with Crippen molar-refractivity contribution in [1.29, 1.82) is 0 Å². The molecule has 0 radical (unpaired) electrons. The third-order valence-electron chi connectivity index (χ3n) is 3.85. The highest BCUT2D eigenvalue weighted by molar-refractivity contribution is 7.10. The van der Waals surface area contributed by atoms with Crippen LogP contribution in [0.4, 0.5) is 0 Å². The average Bonchev–Trinajstić information content (AvgIpc) is 3.00. The van der Waals surface area contributed by atoms with Gasteiger partial charge in [0.25, 0.3) is 0 Å². The Kier molecular flexibility index (Phi) is 3.86. The van der Waals surface area contributed by atoms with Gasteiger partial charge in [-0.05, 0) is 65.8 Å². The Hall–Kier alpha value is -2.33. The van der Waals surface area contributed by atoms with Gasteiger partial charge in [0.15, 0.2) is 0 Å². The van der Waals surface area contributed by atoms with Crippen molar-refractivity contribution < 1.29 is 9.84 Å². The van der Waals surface area contributed by atoms with E-state index in [-0.39, 0.29) is 5.75 Å². The number of phenols is 1. The molecule has 0 amide bonds. The average molecular weight is 311 g/mol. The number of aromatic hydroxyl groups is 1. The van der Waals surface area contributed by atoms with Crippen molar-refractivity contribution in [2.24, 2.45) is 0 Å². The van der Waals surface area contributed by atoms with Crippen LogP contribution in [-0.4, -0.2) is 16.6 Å². The molecule has 112 valence electrons. The molecule has 0 bridgehead atoms. The van der Waals surface area contributed by atoms with E-state index < -0.39 is 0 Å². The zero-order valence-corrected chi connectivity index (χ0v) is 13.6. The summed E-state index contributed by atoms with van der Waals surface area (Å²) in [6.07, 6.45) is 1.87. The third-order valence-corrected chi connectivity index (χ3v) is 4.70. The predicted molar refractivity (Wildman–Crippen MR) is 90.7 cm³/mol. The lowest BCUT2D eigenvalue weighted by Crippen LogP contribution is -1.91. The molecule has 0 saturated carbocycles. The SMILES string of the molecule is COc1cc(-c2sncc2-c2ccc(O)cc2)cc(C)c1C. The Morgan fingerprint density at radius 1 is 1.05 bits per heavy atom. The molecule has 3 rings (SSSR count). The minimum atomic E-state index is 0.265. The lowest BCUT2D eigenvalue weighted by Gasteiger charge is -2.11. The fourth-order valence-electron chi connectivity index (χ4n) is 2.46. The first-order valence-electron chi connectivity index (χ1n) is 7.00. The van der Waals surface area contributed by atoms with Crippen LogP contribution in [0.25, 0.3) is 21.6 Å². The first kappa shape index (κ1) is 14.6. The van der Waals surface area contributed by atoms with Crippen LogP contribution >= 0.6 is 11.5 Å². The molecule has 1 heterocycles. The Morgan fingerprint density at radius 3 is 2.45 bits per heavy atom. The smallest absolute Gasteiger partial charge is 0.122 e. The van der Waals surface area contributed by atoms with E-state index in [0.29, 0.717) is 0 Å². The molecule has 0 fully saturated rings. The largest absolute Gasteiger partial charge is 0.508 e. The van der Waals surface area contributed by atoms with Crippen LogP contribution in [0.15, 0.2) is 42.6 Å². The molecule has 0 saturated heterocycles. The van der Waals surface area contributed by atoms with E-state index in [0.717, 1.165) is 32.9 Å². The zero-order chi connectivity index (χ0) is 15.7. The second kappa shape index (κ2) is 5.81. The number of ether oxygens (including phenoxy) is 1. The van der Waals surface area contributed by atoms with Crippen molar-refractivity contribution >= 4 is 11.5 Å². The van der Waals surface area contributed by atoms with E-state index >= 15 is 0 Å². The minimum Gasteiger partial charge on any atom is -0.508 e. The second-order valence-electron chi connectivity index (χ2n) is 5.24. The molecule has 0 spiro atoms. The maximum Gasteiger partial charge on any atom is 0.122 e. The summed E-state index contributed by atoms with van der Waals surface area (Å²) in [7, 11) is 1.69. The maximum atomic E-state index is 9.45. The van der Waals surface area contributed by atoms with Gasteiger partial charge in [0.2, 0.25) is 0 Å². The first-order valence-corrected chi connectivity index (χ1v) is 7.77. The number of methoxy groups -OCH3 is 1. The van der Waals surface area contributed by atoms with Gasteiger partial charge in [0.1, 0.15) is 11.5 Å². The topological polar surface area (TPSA) is 42.4 Å². The molecule has 3 nitrogen and oxygen atoms in total. The van der Waals surface area contributed by atoms with E-state index in [4.69, 9.17) is 4.74 Å². The van der Waals surface area contributed by atoms with Gasteiger partial charge in [-0.2, -0.15) is 4.37 Å². The second-order valence-corrected chi connectivity index (χ2v) is 6.04. The van der Waals surface area contributed by atoms with E-state index in [1.807, 2.05) is 18.3 Å². The molecule has 1 aromatic heterocycles. The number of aromatic nitrogens is 1. The van der Waals surface area contributed by atoms with Gasteiger partial charge in [-0.1, -0.05) is 18.2 Å². The van der Waals surface area contributed by atoms with Gasteiger partial charge in [0.05, 0.1) is 12.0 Å². The summed E-state index contributed by atoms with van der Waals surface area (Å²) in [6.45, 7) is 4.15. The normalized spacial score (nSPS) is 10.7. The highest BCUT2D eigenvalue weighted by Crippen LogP contribution is 2.38. The van der Waals surface area contributed by atoms with Gasteiger partial charge < -0.3 is 9.84 Å². The van der Waals surface area contributed by atoms with Crippen molar-refractivity contribution in [3.8, 4) is 33.1 Å². The van der Waals surface area contributed by atoms with Gasteiger partial charge in [-0.15, -0.1) is 0 Å². The summed E-state index contributed by atoms with van der Waals surface area (Å²) in [5, 5.41) is 9.45. The van der Waals surface area contributed by atoms with Crippen LogP contribution in [0.2, 0.25) is 0 Å². The van der Waals surface area contributed by atoms with Crippen LogP contribution in [0.5, 0.6) is 11.5 Å². The molecule has 0 aliphatic heterocycles. The lowest BCUT2D eigenvalue weighted by molar-refractivity contribution is 0.411. The van der Waals surface area contributed by atoms with Crippen LogP contribution in [0.1, 0.15) is 11.1 Å². The van der Waals surface area contributed by atoms with Crippen molar-refractivity contribution in [3.63, 3.8) is 0 Å². The molecule has 4 heteroatoms. The van der Waals surface area contributed by atoms with Gasteiger partial charge in [0, 0.05) is 11.8 Å². The lowest BCUT2D eigenvalue weighted by atomic mass is 9.99. The highest BCUT2D eigenvalue weighted by Gasteiger charge is 2.13. The Balaban J connectivity index is 2.13. The van der Waals surface area contributed by atoms with Gasteiger partial charge in [-0.3, -0.25) is 0 Å². The molecule has 0 aliphatic carbocycles. The number of nitrogens with zero attached hydrogens (tertiary/aromatic N) is 1. The van der Waals surface area contributed by atoms with Gasteiger partial charge >= 0.3 is 0 Å². The van der Waals surface area contributed by atoms with Gasteiger partial charge in [-0.25, -0.2) is 0 Å². The number of benzene rings is 2. The minimum absolute atomic E-state index is 0.265. The van der Waals surface area contributed by atoms with Crippen LogP contribution in [0, 0.1) is 13.8 Å². The van der Waals surface area contributed by atoms with Crippen LogP contribution in [-0.2, 0) is 0 Å². The van der Waals surface area contributed by atoms with Crippen LogP contribution in [0.3, 0.4) is 0 Å². The summed E-state index contributed by atoms with van der Waals surface area (Å²) in [5.41, 5.74) is 5.56. The molecule has 3 aromatic rings. The summed E-state index contributed by atoms with van der Waals surface area (Å²) in [6, 6.07) is 11.4. The van der Waals surface area contributed by atoms with E-state index in [1.54, 1.807) is 19.2 Å². The summed E-state index contributed by atoms with van der Waals surface area (Å²) < 4.78 is 9.82. The Morgan fingerprint density at radius 2 is 1.77 bits per heavy atom. The van der Waals surface area contributed by atoms with Crippen LogP contribution < -0.4 is 4.74 Å². The fourth-order valence-corrected chi connectivity index (χ4v) is 3.22. The number of aryl methyl sites for hydroxylation is 1. The monoisotopic (exact) mass is 311 g/mol. The number of hydrogen-bond acceptors (Lipinski definition) is 4. The maximum absolute atomic E-state index is 9.45. The van der Waals surface area contributed by atoms with E-state index in [1.165, 1.54) is 17.1 Å². The predicted octanol–water partition coefficient (Wildman–Crippen LogP) is 4.81. The van der Waals surface area contributed by atoms with Crippen molar-refractivity contribution in [2.45, 2.75) is 13.8 Å². The fraction of sp³-hybridized carbons (Fsp3) is 0.167. The number of phenolic OH excluding ortho intramolecular Hbond substituents is 1. The van der Waals surface area contributed by atoms with E-state index in [9.17, 15) is 5.11 Å². The molecule has 0 unspecified atom stereocenters. The number of rotatable bonds is 3. The standard InChI is InChI=1S/C18H17NO2S/c1-11-8-14(9-17(21-3)12(11)2)18-16(10-19-22-18)13-4-6-15(20)7-5-13/h4-10,20H,1-3H3. The molecular formula is C18H17NO2S. The zero-order valence-electron chi connectivity index (χ0n) is 12.8. The third kappa shape index (κ3) is 2.57. The highest BCUT2D eigenvalue weighted by atomic mass is 32.1. The molecule has 2 aromatic carbocycles. The van der Waals surface area contributed by atoms with Crippen molar-refractivity contribution in [1.82, 2.24) is 4.37 Å². The summed E-state index contributed by atoms with van der Waals surface area (Å²) in [5.74, 6) is 1.15. The Bertz CT molecular complexity index is 806. The molecule has 0 atom stereocenters.